The van der Waals surface area contributed by atoms with Gasteiger partial charge in [0.25, 0.3) is 0 Å². The molecular weight excluding hydrogens is 260 g/mol. The van der Waals surface area contributed by atoms with E-state index in [9.17, 15) is 10.1 Å². The standard InChI is InChI=1S/C12H20N6O2/c1-16(8-9-17-6-4-14-5-7-17)11-3-2-10(18(19)20)12(13)15-11/h2-3,14H,4-9H2,1H3,(H2,13,15). The lowest BCUT2D eigenvalue weighted by molar-refractivity contribution is -0.384. The van der Waals surface area contributed by atoms with Crippen LogP contribution in [0.15, 0.2) is 12.1 Å². The number of pyridine rings is 1. The van der Waals surface area contributed by atoms with Crippen LogP contribution in [0.2, 0.25) is 0 Å². The fraction of sp³-hybridized carbons (Fsp3) is 0.583. The van der Waals surface area contributed by atoms with Gasteiger partial charge in [-0.2, -0.15) is 0 Å². The van der Waals surface area contributed by atoms with Crippen LogP contribution in [0.4, 0.5) is 17.3 Å². The van der Waals surface area contributed by atoms with Crippen molar-refractivity contribution in [1.29, 1.82) is 0 Å². The van der Waals surface area contributed by atoms with Crippen LogP contribution in [-0.4, -0.2) is 61.1 Å². The van der Waals surface area contributed by atoms with Gasteiger partial charge in [-0.15, -0.1) is 0 Å². The maximum atomic E-state index is 10.7. The number of likely N-dealkylation sites (N-methyl/N-ethyl adjacent to an activating group) is 1. The third-order valence-electron chi connectivity index (χ3n) is 3.44. The Morgan fingerprint density at radius 2 is 2.20 bits per heavy atom. The number of nitrogen functional groups attached to an aromatic ring is 1. The number of hydrogen-bond donors (Lipinski definition) is 2. The third-order valence-corrected chi connectivity index (χ3v) is 3.44. The minimum Gasteiger partial charge on any atom is -0.378 e. The van der Waals surface area contributed by atoms with Gasteiger partial charge in [0.1, 0.15) is 5.82 Å². The molecule has 1 aliphatic heterocycles. The maximum Gasteiger partial charge on any atom is 0.311 e. The number of piperazine rings is 1. The smallest absolute Gasteiger partial charge is 0.311 e. The number of rotatable bonds is 5. The number of nitrogens with zero attached hydrogens (tertiary/aromatic N) is 4. The Labute approximate surface area is 117 Å². The van der Waals surface area contributed by atoms with Gasteiger partial charge in [0.2, 0.25) is 5.82 Å². The fourth-order valence-electron chi connectivity index (χ4n) is 2.16. The number of nitrogens with two attached hydrogens (primary N) is 1. The number of aromatic nitrogens is 1. The van der Waals surface area contributed by atoms with Gasteiger partial charge in [0.05, 0.1) is 4.92 Å². The summed E-state index contributed by atoms with van der Waals surface area (Å²) in [5.74, 6) is 0.616. The van der Waals surface area contributed by atoms with Crippen molar-refractivity contribution in [3.63, 3.8) is 0 Å². The van der Waals surface area contributed by atoms with Crippen molar-refractivity contribution >= 4 is 17.3 Å². The summed E-state index contributed by atoms with van der Waals surface area (Å²) in [6.45, 7) is 5.88. The van der Waals surface area contributed by atoms with Crippen LogP contribution in [0.25, 0.3) is 0 Å². The zero-order valence-corrected chi connectivity index (χ0v) is 11.6. The molecule has 3 N–H and O–H groups in total. The van der Waals surface area contributed by atoms with Crippen molar-refractivity contribution in [3.05, 3.63) is 22.2 Å². The van der Waals surface area contributed by atoms with Gasteiger partial charge in [0.15, 0.2) is 0 Å². The predicted molar refractivity (Wildman–Crippen MR) is 77.9 cm³/mol. The van der Waals surface area contributed by atoms with E-state index in [1.54, 1.807) is 6.07 Å². The molecule has 1 aromatic heterocycles. The van der Waals surface area contributed by atoms with Crippen molar-refractivity contribution in [1.82, 2.24) is 15.2 Å². The van der Waals surface area contributed by atoms with E-state index in [2.05, 4.69) is 15.2 Å². The summed E-state index contributed by atoms with van der Waals surface area (Å²) >= 11 is 0. The Balaban J connectivity index is 1.93. The molecule has 8 nitrogen and oxygen atoms in total. The van der Waals surface area contributed by atoms with Gasteiger partial charge in [-0.1, -0.05) is 0 Å². The van der Waals surface area contributed by atoms with Gasteiger partial charge < -0.3 is 16.0 Å². The molecule has 0 spiro atoms. The van der Waals surface area contributed by atoms with Crippen LogP contribution < -0.4 is 16.0 Å². The Morgan fingerprint density at radius 1 is 1.50 bits per heavy atom. The van der Waals surface area contributed by atoms with Crippen molar-refractivity contribution in [2.45, 2.75) is 0 Å². The normalized spacial score (nSPS) is 16.1. The van der Waals surface area contributed by atoms with Crippen LogP contribution >= 0.6 is 0 Å². The maximum absolute atomic E-state index is 10.7. The summed E-state index contributed by atoms with van der Waals surface area (Å²) in [7, 11) is 1.91. The second kappa shape index (κ2) is 6.49. The van der Waals surface area contributed by atoms with Crippen molar-refractivity contribution in [2.75, 3.05) is 56.9 Å². The zero-order valence-electron chi connectivity index (χ0n) is 11.6. The van der Waals surface area contributed by atoms with E-state index in [4.69, 9.17) is 5.73 Å². The lowest BCUT2D eigenvalue weighted by Crippen LogP contribution is -2.46. The van der Waals surface area contributed by atoms with Crippen LogP contribution in [0.5, 0.6) is 0 Å². The minimum atomic E-state index is -0.521. The van der Waals surface area contributed by atoms with E-state index in [-0.39, 0.29) is 11.5 Å². The van der Waals surface area contributed by atoms with E-state index in [0.717, 1.165) is 39.3 Å². The zero-order chi connectivity index (χ0) is 14.5. The molecule has 1 saturated heterocycles. The Hall–Kier alpha value is -1.93. The largest absolute Gasteiger partial charge is 0.378 e. The highest BCUT2D eigenvalue weighted by molar-refractivity contribution is 5.57. The van der Waals surface area contributed by atoms with Crippen LogP contribution in [0, 0.1) is 10.1 Å². The van der Waals surface area contributed by atoms with Crippen molar-refractivity contribution in [3.8, 4) is 0 Å². The number of nitrogens with one attached hydrogen (secondary N) is 1. The molecule has 20 heavy (non-hydrogen) atoms. The number of anilines is 2. The minimum absolute atomic E-state index is 0.0403. The van der Waals surface area contributed by atoms with Gasteiger partial charge in [-0.25, -0.2) is 4.98 Å². The van der Waals surface area contributed by atoms with Crippen LogP contribution in [0.1, 0.15) is 0 Å². The second-order valence-electron chi connectivity index (χ2n) is 4.84. The van der Waals surface area contributed by atoms with E-state index in [1.165, 1.54) is 6.07 Å². The predicted octanol–water partition coefficient (Wildman–Crippen LogP) is -0.0866. The highest BCUT2D eigenvalue weighted by atomic mass is 16.6. The van der Waals surface area contributed by atoms with Crippen molar-refractivity contribution < 1.29 is 4.92 Å². The molecule has 1 fully saturated rings. The van der Waals surface area contributed by atoms with Gasteiger partial charge in [-0.3, -0.25) is 15.0 Å². The lowest BCUT2D eigenvalue weighted by atomic mass is 10.3. The summed E-state index contributed by atoms with van der Waals surface area (Å²) in [6.07, 6.45) is 0. The summed E-state index contributed by atoms with van der Waals surface area (Å²) in [5, 5.41) is 14.0. The summed E-state index contributed by atoms with van der Waals surface area (Å²) in [4.78, 5) is 18.6. The summed E-state index contributed by atoms with van der Waals surface area (Å²) in [5.41, 5.74) is 5.45. The van der Waals surface area contributed by atoms with E-state index >= 15 is 0 Å². The highest BCUT2D eigenvalue weighted by Gasteiger charge is 2.15. The molecule has 0 aliphatic carbocycles. The Kier molecular flexibility index (Phi) is 4.70. The summed E-state index contributed by atoms with van der Waals surface area (Å²) < 4.78 is 0. The van der Waals surface area contributed by atoms with Gasteiger partial charge in [0, 0.05) is 52.4 Å². The molecule has 1 aliphatic rings. The van der Waals surface area contributed by atoms with Gasteiger partial charge in [-0.05, 0) is 6.07 Å². The van der Waals surface area contributed by atoms with Crippen molar-refractivity contribution in [2.24, 2.45) is 0 Å². The molecule has 0 unspecified atom stereocenters. The molecule has 2 rings (SSSR count). The van der Waals surface area contributed by atoms with E-state index < -0.39 is 4.92 Å². The first-order chi connectivity index (χ1) is 9.58. The van der Waals surface area contributed by atoms with Crippen LogP contribution in [-0.2, 0) is 0 Å². The van der Waals surface area contributed by atoms with E-state index in [1.807, 2.05) is 11.9 Å². The molecule has 0 amide bonds. The fourth-order valence-corrected chi connectivity index (χ4v) is 2.16. The quantitative estimate of drug-likeness (QED) is 0.574. The average molecular weight is 280 g/mol. The molecular formula is C12H20N6O2. The first-order valence-corrected chi connectivity index (χ1v) is 6.63. The lowest BCUT2D eigenvalue weighted by Gasteiger charge is -2.29. The molecule has 0 bridgehead atoms. The molecule has 8 heteroatoms. The molecule has 0 saturated carbocycles. The topological polar surface area (TPSA) is 101 Å². The first kappa shape index (κ1) is 14.5. The van der Waals surface area contributed by atoms with Crippen LogP contribution in [0.3, 0.4) is 0 Å². The molecule has 110 valence electrons. The second-order valence-corrected chi connectivity index (χ2v) is 4.84. The molecule has 1 aromatic rings. The average Bonchev–Trinajstić information content (AvgIpc) is 2.45. The highest BCUT2D eigenvalue weighted by Crippen LogP contribution is 2.22. The Morgan fingerprint density at radius 3 is 2.80 bits per heavy atom. The number of hydrogen-bond acceptors (Lipinski definition) is 7. The van der Waals surface area contributed by atoms with Gasteiger partial charge >= 0.3 is 5.69 Å². The molecule has 0 aromatic carbocycles. The molecule has 0 radical (unpaired) electrons. The first-order valence-electron chi connectivity index (χ1n) is 6.63. The van der Waals surface area contributed by atoms with E-state index in [0.29, 0.717) is 5.82 Å². The molecule has 0 atom stereocenters. The monoisotopic (exact) mass is 280 g/mol. The third kappa shape index (κ3) is 3.55. The molecule has 2 heterocycles. The SMILES string of the molecule is CN(CCN1CCNCC1)c1ccc([N+](=O)[O-])c(N)n1. The Bertz CT molecular complexity index is 475. The number of nitro groups is 1. The summed E-state index contributed by atoms with van der Waals surface area (Å²) in [6, 6.07) is 3.03.